The molecular weight excluding hydrogens is 266 g/mol. The van der Waals surface area contributed by atoms with E-state index >= 15 is 0 Å². The van der Waals surface area contributed by atoms with E-state index < -0.39 is 0 Å². The molecule has 0 aliphatic carbocycles. The summed E-state index contributed by atoms with van der Waals surface area (Å²) in [5, 5.41) is 19.1. The smallest absolute Gasteiger partial charge is 0.193 e. The molecule has 0 aliphatic rings. The van der Waals surface area contributed by atoms with E-state index in [9.17, 15) is 4.79 Å². The number of rotatable bonds is 6. The molecule has 112 valence electrons. The van der Waals surface area contributed by atoms with E-state index in [4.69, 9.17) is 10.2 Å². The van der Waals surface area contributed by atoms with Crippen LogP contribution in [-0.4, -0.2) is 42.3 Å². The molecule has 0 saturated heterocycles. The number of carbonyl (C=O) groups excluding carboxylic acids is 1. The van der Waals surface area contributed by atoms with E-state index in [1.165, 1.54) is 0 Å². The molecule has 0 aromatic heterocycles. The highest BCUT2D eigenvalue weighted by Gasteiger charge is 2.06. The molecule has 0 fully saturated rings. The molecule has 21 heavy (non-hydrogen) atoms. The second-order valence-electron chi connectivity index (χ2n) is 4.26. The second kappa shape index (κ2) is 10.7. The van der Waals surface area contributed by atoms with Crippen LogP contribution in [0.2, 0.25) is 0 Å². The highest BCUT2D eigenvalue weighted by atomic mass is 16.3. The standard InChI is InChI=1S/C13H10O.C4H11NO2/c14-13(11-7-3-1-4-8-11)12-9-5-2-6-10-12;6-3-1-5-2-4-7/h1-10H;5-7H,1-4H2. The Balaban J connectivity index is 0.000000270. The number of ketones is 1. The largest absolute Gasteiger partial charge is 0.395 e. The van der Waals surface area contributed by atoms with Gasteiger partial charge in [-0.15, -0.1) is 0 Å². The molecular formula is C17H21NO3. The molecule has 0 unspecified atom stereocenters. The molecule has 0 heterocycles. The van der Waals surface area contributed by atoms with Gasteiger partial charge in [0.25, 0.3) is 0 Å². The summed E-state index contributed by atoms with van der Waals surface area (Å²) in [6.45, 7) is 1.42. The Morgan fingerprint density at radius 1 is 0.762 bits per heavy atom. The summed E-state index contributed by atoms with van der Waals surface area (Å²) in [5.74, 6) is 0.0752. The molecule has 0 spiro atoms. The predicted octanol–water partition coefficient (Wildman–Crippen LogP) is 1.48. The first-order valence-electron chi connectivity index (χ1n) is 6.87. The van der Waals surface area contributed by atoms with Crippen LogP contribution in [0.3, 0.4) is 0 Å². The lowest BCUT2D eigenvalue weighted by Gasteiger charge is -1.99. The maximum absolute atomic E-state index is 11.8. The summed E-state index contributed by atoms with van der Waals surface area (Å²) in [7, 11) is 0. The fourth-order valence-electron chi connectivity index (χ4n) is 1.63. The summed E-state index contributed by atoms with van der Waals surface area (Å²) >= 11 is 0. The van der Waals surface area contributed by atoms with Crippen LogP contribution in [-0.2, 0) is 0 Å². The van der Waals surface area contributed by atoms with Gasteiger partial charge in [0.05, 0.1) is 13.2 Å². The van der Waals surface area contributed by atoms with Gasteiger partial charge in [-0.3, -0.25) is 4.79 Å². The van der Waals surface area contributed by atoms with Crippen molar-refractivity contribution >= 4 is 5.78 Å². The van der Waals surface area contributed by atoms with Crippen LogP contribution in [0.15, 0.2) is 60.7 Å². The van der Waals surface area contributed by atoms with Gasteiger partial charge in [-0.1, -0.05) is 60.7 Å². The summed E-state index contributed by atoms with van der Waals surface area (Å²) < 4.78 is 0. The topological polar surface area (TPSA) is 69.6 Å². The van der Waals surface area contributed by atoms with E-state index in [2.05, 4.69) is 5.32 Å². The van der Waals surface area contributed by atoms with Gasteiger partial charge < -0.3 is 15.5 Å². The van der Waals surface area contributed by atoms with Crippen molar-refractivity contribution in [3.05, 3.63) is 71.8 Å². The summed E-state index contributed by atoms with van der Waals surface area (Å²) in [6, 6.07) is 18.6. The number of hydrogen-bond acceptors (Lipinski definition) is 4. The quantitative estimate of drug-likeness (QED) is 0.556. The first-order valence-corrected chi connectivity index (χ1v) is 6.87. The minimum absolute atomic E-state index is 0.0752. The molecule has 0 bridgehead atoms. The van der Waals surface area contributed by atoms with Crippen molar-refractivity contribution in [1.82, 2.24) is 5.32 Å². The average Bonchev–Trinajstić information content (AvgIpc) is 2.57. The number of aliphatic hydroxyl groups excluding tert-OH is 2. The normalized spacial score (nSPS) is 9.62. The Labute approximate surface area is 125 Å². The van der Waals surface area contributed by atoms with Gasteiger partial charge in [0.15, 0.2) is 5.78 Å². The van der Waals surface area contributed by atoms with Gasteiger partial charge in [-0.05, 0) is 0 Å². The minimum atomic E-state index is 0.0752. The Kier molecular flexibility index (Phi) is 8.72. The van der Waals surface area contributed by atoms with Gasteiger partial charge in [0.1, 0.15) is 0 Å². The van der Waals surface area contributed by atoms with Gasteiger partial charge in [0, 0.05) is 24.2 Å². The summed E-state index contributed by atoms with van der Waals surface area (Å²) in [4.78, 5) is 11.8. The van der Waals surface area contributed by atoms with Gasteiger partial charge in [-0.25, -0.2) is 0 Å². The molecule has 2 aromatic carbocycles. The van der Waals surface area contributed by atoms with Crippen LogP contribution >= 0.6 is 0 Å². The van der Waals surface area contributed by atoms with Crippen molar-refractivity contribution in [1.29, 1.82) is 0 Å². The highest BCUT2D eigenvalue weighted by molar-refractivity contribution is 6.08. The lowest BCUT2D eigenvalue weighted by atomic mass is 10.0. The van der Waals surface area contributed by atoms with Gasteiger partial charge in [-0.2, -0.15) is 0 Å². The zero-order valence-electron chi connectivity index (χ0n) is 11.9. The third-order valence-corrected chi connectivity index (χ3v) is 2.65. The van der Waals surface area contributed by atoms with Crippen molar-refractivity contribution in [2.75, 3.05) is 26.3 Å². The van der Waals surface area contributed by atoms with Crippen molar-refractivity contribution in [3.63, 3.8) is 0 Å². The van der Waals surface area contributed by atoms with Gasteiger partial charge in [0.2, 0.25) is 0 Å². The fourth-order valence-corrected chi connectivity index (χ4v) is 1.63. The van der Waals surface area contributed by atoms with Crippen molar-refractivity contribution in [2.24, 2.45) is 0 Å². The first kappa shape index (κ1) is 17.0. The van der Waals surface area contributed by atoms with E-state index in [-0.39, 0.29) is 19.0 Å². The van der Waals surface area contributed by atoms with Crippen LogP contribution < -0.4 is 5.32 Å². The SMILES string of the molecule is O=C(c1ccccc1)c1ccccc1.OCCNCCO. The molecule has 4 nitrogen and oxygen atoms in total. The number of nitrogens with one attached hydrogen (secondary N) is 1. The number of aliphatic hydroxyl groups is 2. The second-order valence-corrected chi connectivity index (χ2v) is 4.26. The third kappa shape index (κ3) is 6.81. The van der Waals surface area contributed by atoms with E-state index in [1.54, 1.807) is 0 Å². The number of carbonyl (C=O) groups is 1. The van der Waals surface area contributed by atoms with E-state index in [1.807, 2.05) is 60.7 Å². The van der Waals surface area contributed by atoms with Crippen molar-refractivity contribution < 1.29 is 15.0 Å². The van der Waals surface area contributed by atoms with Crippen molar-refractivity contribution in [2.45, 2.75) is 0 Å². The maximum atomic E-state index is 11.8. The molecule has 0 amide bonds. The zero-order valence-corrected chi connectivity index (χ0v) is 11.9. The molecule has 0 saturated carbocycles. The molecule has 0 atom stereocenters. The van der Waals surface area contributed by atoms with Crippen LogP contribution in [0.4, 0.5) is 0 Å². The van der Waals surface area contributed by atoms with Gasteiger partial charge >= 0.3 is 0 Å². The molecule has 0 radical (unpaired) electrons. The lowest BCUT2D eigenvalue weighted by Crippen LogP contribution is -2.21. The molecule has 2 rings (SSSR count). The predicted molar refractivity (Wildman–Crippen MR) is 83.4 cm³/mol. The van der Waals surface area contributed by atoms with E-state index in [0.29, 0.717) is 13.1 Å². The zero-order chi connectivity index (χ0) is 15.3. The Morgan fingerprint density at radius 2 is 1.14 bits per heavy atom. The van der Waals surface area contributed by atoms with Crippen molar-refractivity contribution in [3.8, 4) is 0 Å². The monoisotopic (exact) mass is 287 g/mol. The minimum Gasteiger partial charge on any atom is -0.395 e. The fraction of sp³-hybridized carbons (Fsp3) is 0.235. The first-order chi connectivity index (χ1) is 10.3. The summed E-state index contributed by atoms with van der Waals surface area (Å²) in [5.41, 5.74) is 1.47. The van der Waals surface area contributed by atoms with Crippen LogP contribution in [0.25, 0.3) is 0 Å². The highest BCUT2D eigenvalue weighted by Crippen LogP contribution is 2.08. The average molecular weight is 287 g/mol. The Hall–Kier alpha value is -2.01. The molecule has 2 aromatic rings. The third-order valence-electron chi connectivity index (χ3n) is 2.65. The Morgan fingerprint density at radius 3 is 1.48 bits per heavy atom. The van der Waals surface area contributed by atoms with Crippen LogP contribution in [0.5, 0.6) is 0 Å². The Bertz CT molecular complexity index is 454. The lowest BCUT2D eigenvalue weighted by molar-refractivity contribution is 0.103. The molecule has 4 heteroatoms. The maximum Gasteiger partial charge on any atom is 0.193 e. The van der Waals surface area contributed by atoms with Crippen LogP contribution in [0.1, 0.15) is 15.9 Å². The number of hydrogen-bond donors (Lipinski definition) is 3. The van der Waals surface area contributed by atoms with E-state index in [0.717, 1.165) is 11.1 Å². The number of benzene rings is 2. The summed E-state index contributed by atoms with van der Waals surface area (Å²) in [6.07, 6.45) is 0. The molecule has 3 N–H and O–H groups in total. The van der Waals surface area contributed by atoms with Crippen LogP contribution in [0, 0.1) is 0 Å². The molecule has 0 aliphatic heterocycles.